The van der Waals surface area contributed by atoms with Crippen LogP contribution in [0.2, 0.25) is 0 Å². The smallest absolute Gasteiger partial charge is 0.194 e. The van der Waals surface area contributed by atoms with E-state index in [9.17, 15) is 13.2 Å². The lowest BCUT2D eigenvalue weighted by atomic mass is 9.98. The molecular weight excluding hydrogens is 501 g/mol. The maximum atomic E-state index is 14.0. The molecule has 1 aromatic heterocycles. The van der Waals surface area contributed by atoms with Crippen molar-refractivity contribution < 1.29 is 32.6 Å². The van der Waals surface area contributed by atoms with Crippen LogP contribution in [-0.2, 0) is 9.57 Å². The van der Waals surface area contributed by atoms with Crippen LogP contribution >= 0.6 is 0 Å². The number of imidazole rings is 1. The Morgan fingerprint density at radius 2 is 1.87 bits per heavy atom. The number of methoxy groups -OCH3 is 1. The molecule has 2 aromatic carbocycles. The number of hydrogen-bond donors (Lipinski definition) is 1. The van der Waals surface area contributed by atoms with Gasteiger partial charge in [-0.15, -0.1) is 0 Å². The van der Waals surface area contributed by atoms with Gasteiger partial charge in [0.05, 0.1) is 50.7 Å². The van der Waals surface area contributed by atoms with Gasteiger partial charge in [0.15, 0.2) is 29.4 Å². The molecule has 0 fully saturated rings. The average molecular weight is 533 g/mol. The van der Waals surface area contributed by atoms with E-state index >= 15 is 0 Å². The Kier molecular flexibility index (Phi) is 9.54. The summed E-state index contributed by atoms with van der Waals surface area (Å²) in [7, 11) is 3.26. The van der Waals surface area contributed by atoms with E-state index in [4.69, 9.17) is 19.4 Å². The molecule has 204 valence electrons. The number of aliphatic hydroxyl groups is 1. The molecule has 1 N–H and O–H groups in total. The summed E-state index contributed by atoms with van der Waals surface area (Å²) in [6, 6.07) is 6.73. The number of rotatable bonds is 9. The Hall–Kier alpha value is -3.83. The number of halogens is 3. The number of aryl methyl sites for hydroxylation is 1. The van der Waals surface area contributed by atoms with Gasteiger partial charge in [-0.1, -0.05) is 24.7 Å². The van der Waals surface area contributed by atoms with Crippen molar-refractivity contribution in [1.82, 2.24) is 14.5 Å². The normalized spacial score (nSPS) is 17.2. The third-order valence-corrected chi connectivity index (χ3v) is 5.90. The van der Waals surface area contributed by atoms with Crippen LogP contribution in [0.1, 0.15) is 30.3 Å². The Balaban J connectivity index is 0.00000400. The van der Waals surface area contributed by atoms with Crippen LogP contribution in [0.15, 0.2) is 54.1 Å². The van der Waals surface area contributed by atoms with E-state index in [2.05, 4.69) is 10.1 Å². The molecule has 0 aliphatic carbocycles. The molecule has 0 amide bonds. The molecule has 0 saturated carbocycles. The molecule has 11 heteroatoms. The van der Waals surface area contributed by atoms with Gasteiger partial charge < -0.3 is 28.9 Å². The van der Waals surface area contributed by atoms with Crippen LogP contribution in [0.4, 0.5) is 13.2 Å². The van der Waals surface area contributed by atoms with Gasteiger partial charge >= 0.3 is 0 Å². The topological polar surface area (TPSA) is 81.3 Å². The van der Waals surface area contributed by atoms with Gasteiger partial charge in [-0.2, -0.15) is 0 Å². The molecule has 0 saturated heterocycles. The van der Waals surface area contributed by atoms with Crippen LogP contribution in [0.3, 0.4) is 0 Å². The van der Waals surface area contributed by atoms with Crippen molar-refractivity contribution in [3.63, 3.8) is 0 Å². The predicted molar refractivity (Wildman–Crippen MR) is 138 cm³/mol. The van der Waals surface area contributed by atoms with E-state index in [1.54, 1.807) is 37.5 Å². The number of hydrogen-bond acceptors (Lipinski definition) is 7. The summed E-state index contributed by atoms with van der Waals surface area (Å²) in [6.45, 7) is 1.74. The number of nitrogens with zero attached hydrogens (tertiary/aromatic N) is 4. The minimum Gasteiger partial charge on any atom is -0.495 e. The fourth-order valence-corrected chi connectivity index (χ4v) is 4.09. The first-order valence-electron chi connectivity index (χ1n) is 11.5. The van der Waals surface area contributed by atoms with Crippen molar-refractivity contribution in [1.29, 1.82) is 0 Å². The Morgan fingerprint density at radius 3 is 2.50 bits per heavy atom. The number of aromatic nitrogens is 2. The lowest BCUT2D eigenvalue weighted by molar-refractivity contribution is -0.0664. The van der Waals surface area contributed by atoms with Gasteiger partial charge in [-0.3, -0.25) is 0 Å². The number of oxime groups is 1. The highest BCUT2D eigenvalue weighted by Crippen LogP contribution is 2.32. The summed E-state index contributed by atoms with van der Waals surface area (Å²) in [5, 5.41) is 13.1. The summed E-state index contributed by atoms with van der Waals surface area (Å²) < 4.78 is 54.5. The number of aliphatic hydroxyl groups excluding tert-OH is 1. The van der Waals surface area contributed by atoms with Crippen LogP contribution in [0.25, 0.3) is 11.8 Å². The predicted octanol–water partition coefficient (Wildman–Crippen LogP) is 4.65. The number of benzene rings is 2. The molecule has 38 heavy (non-hydrogen) atoms. The summed E-state index contributed by atoms with van der Waals surface area (Å²) in [4.78, 5) is 11.5. The molecule has 0 spiro atoms. The standard InChI is InChI=1S/C26H27F3N4O4.CH4/c1-16-13-33(15-30-16)21-6-4-17(10-22(21)35-3)5-7-24-31-37-23(14-36-9-8-34)26(32(24)2)18-11-19(27)25(29)20(28)12-18;/h4-7,10-13,15,23,26,34H,8-9,14H2,1-3H3;1H4/b7-5+;/t23?,26-;/m0./s1. The van der Waals surface area contributed by atoms with Gasteiger partial charge in [-0.05, 0) is 48.4 Å². The van der Waals surface area contributed by atoms with Gasteiger partial charge in [0, 0.05) is 13.2 Å². The molecular formula is C27H31F3N4O4. The highest BCUT2D eigenvalue weighted by molar-refractivity contribution is 5.96. The third kappa shape index (κ3) is 6.17. The second-order valence-electron chi connectivity index (χ2n) is 8.43. The zero-order chi connectivity index (χ0) is 26.5. The van der Waals surface area contributed by atoms with E-state index in [1.165, 1.54) is 0 Å². The maximum Gasteiger partial charge on any atom is 0.194 e. The molecule has 2 atom stereocenters. The summed E-state index contributed by atoms with van der Waals surface area (Å²) in [6.07, 6.45) is 6.29. The maximum absolute atomic E-state index is 14.0. The minimum absolute atomic E-state index is 0. The van der Waals surface area contributed by atoms with Crippen LogP contribution in [-0.4, -0.2) is 65.5 Å². The number of likely N-dealkylation sites (N-methyl/N-ethyl adjacent to an activating group) is 1. The monoisotopic (exact) mass is 532 g/mol. The van der Waals surface area contributed by atoms with E-state index < -0.39 is 29.6 Å². The molecule has 1 aliphatic rings. The first-order chi connectivity index (χ1) is 17.8. The van der Waals surface area contributed by atoms with Crippen molar-refractivity contribution >= 4 is 11.9 Å². The Bertz CT molecular complexity index is 1290. The lowest BCUT2D eigenvalue weighted by Crippen LogP contribution is -2.44. The van der Waals surface area contributed by atoms with E-state index in [-0.39, 0.29) is 32.8 Å². The van der Waals surface area contributed by atoms with E-state index in [0.717, 1.165) is 29.1 Å². The fourth-order valence-electron chi connectivity index (χ4n) is 4.09. The van der Waals surface area contributed by atoms with Crippen LogP contribution < -0.4 is 4.74 Å². The second kappa shape index (κ2) is 12.6. The van der Waals surface area contributed by atoms with Gasteiger partial charge in [0.2, 0.25) is 0 Å². The lowest BCUT2D eigenvalue weighted by Gasteiger charge is -2.38. The quantitative estimate of drug-likeness (QED) is 0.319. The number of ether oxygens (including phenoxy) is 2. The van der Waals surface area contributed by atoms with Crippen molar-refractivity contribution in [2.45, 2.75) is 26.5 Å². The Labute approximate surface area is 219 Å². The van der Waals surface area contributed by atoms with E-state index in [0.29, 0.717) is 11.6 Å². The van der Waals surface area contributed by atoms with Gasteiger partial charge in [0.1, 0.15) is 5.75 Å². The zero-order valence-electron chi connectivity index (χ0n) is 20.6. The van der Waals surface area contributed by atoms with Crippen molar-refractivity contribution in [2.24, 2.45) is 5.16 Å². The van der Waals surface area contributed by atoms with E-state index in [1.807, 2.05) is 35.9 Å². The van der Waals surface area contributed by atoms with Crippen LogP contribution in [0, 0.1) is 24.4 Å². The SMILES string of the molecule is C.COc1cc(/C=C/C2=NOC(COCCO)[C@H](c3cc(F)c(F)c(F)c3)N2C)ccc1-n1cnc(C)c1. The molecule has 2 heterocycles. The van der Waals surface area contributed by atoms with Crippen LogP contribution in [0.5, 0.6) is 5.75 Å². The summed E-state index contributed by atoms with van der Waals surface area (Å²) in [5.41, 5.74) is 2.65. The Morgan fingerprint density at radius 1 is 1.13 bits per heavy atom. The van der Waals surface area contributed by atoms with Gasteiger partial charge in [0.25, 0.3) is 0 Å². The first-order valence-corrected chi connectivity index (χ1v) is 11.5. The molecule has 3 aromatic rings. The highest BCUT2D eigenvalue weighted by atomic mass is 19.2. The largest absolute Gasteiger partial charge is 0.495 e. The van der Waals surface area contributed by atoms with Crippen molar-refractivity contribution in [2.75, 3.05) is 34.0 Å². The minimum atomic E-state index is -1.55. The van der Waals surface area contributed by atoms with Crippen molar-refractivity contribution in [3.05, 3.63) is 83.2 Å². The number of amidine groups is 1. The molecule has 0 radical (unpaired) electrons. The fraction of sp³-hybridized carbons (Fsp3) is 0.333. The summed E-state index contributed by atoms with van der Waals surface area (Å²) in [5.74, 6) is -3.17. The molecule has 8 nitrogen and oxygen atoms in total. The molecule has 0 bridgehead atoms. The molecule has 1 aliphatic heterocycles. The first kappa shape index (κ1) is 28.7. The van der Waals surface area contributed by atoms with Crippen molar-refractivity contribution in [3.8, 4) is 11.4 Å². The highest BCUT2D eigenvalue weighted by Gasteiger charge is 2.35. The average Bonchev–Trinajstić information content (AvgIpc) is 3.32. The third-order valence-electron chi connectivity index (χ3n) is 5.90. The molecule has 4 rings (SSSR count). The molecule has 1 unspecified atom stereocenters. The summed E-state index contributed by atoms with van der Waals surface area (Å²) >= 11 is 0. The zero-order valence-corrected chi connectivity index (χ0v) is 20.6. The second-order valence-corrected chi connectivity index (χ2v) is 8.43. The van der Waals surface area contributed by atoms with Gasteiger partial charge in [-0.25, -0.2) is 18.2 Å².